The van der Waals surface area contributed by atoms with Gasteiger partial charge in [0.05, 0.1) is 11.5 Å². The van der Waals surface area contributed by atoms with Crippen molar-refractivity contribution in [2.45, 2.75) is 50.2 Å². The van der Waals surface area contributed by atoms with Gasteiger partial charge < -0.3 is 5.32 Å². The minimum atomic E-state index is -4.12. The molecule has 0 aromatic rings. The van der Waals surface area contributed by atoms with E-state index in [1.54, 1.807) is 0 Å². The van der Waals surface area contributed by atoms with E-state index in [1.165, 1.54) is 0 Å². The Hall–Kier alpha value is -0.450. The Morgan fingerprint density at radius 1 is 1.22 bits per heavy atom. The van der Waals surface area contributed by atoms with Crippen molar-refractivity contribution >= 4 is 17.5 Å². The molecule has 0 atom stereocenters. The summed E-state index contributed by atoms with van der Waals surface area (Å²) in [6, 6.07) is 0. The number of hydrogen-bond donors (Lipinski definition) is 1. The van der Waals surface area contributed by atoms with Crippen molar-refractivity contribution in [3.05, 3.63) is 0 Å². The van der Waals surface area contributed by atoms with Crippen LogP contribution in [0.5, 0.6) is 0 Å². The van der Waals surface area contributed by atoms with Crippen LogP contribution in [0.15, 0.2) is 0 Å². The zero-order valence-electron chi connectivity index (χ0n) is 10.0. The predicted octanol–water partition coefficient (Wildman–Crippen LogP) is 3.24. The van der Waals surface area contributed by atoms with E-state index >= 15 is 0 Å². The van der Waals surface area contributed by atoms with Gasteiger partial charge in [-0.3, -0.25) is 4.79 Å². The lowest BCUT2D eigenvalue weighted by atomic mass is 9.81. The lowest BCUT2D eigenvalue weighted by molar-refractivity contribution is -0.184. The molecule has 104 valence electrons. The molecular weight excluding hydrogens is 267 g/mol. The number of halogens is 4. The van der Waals surface area contributed by atoms with Crippen LogP contribution in [0.3, 0.4) is 0 Å². The largest absolute Gasteiger partial charge is 0.391 e. The molecule has 1 amide bonds. The summed E-state index contributed by atoms with van der Waals surface area (Å²) in [4.78, 5) is 11.9. The molecule has 0 aromatic heterocycles. The molecule has 2 nitrogen and oxygen atoms in total. The van der Waals surface area contributed by atoms with Crippen LogP contribution in [-0.4, -0.2) is 23.5 Å². The first-order valence-electron chi connectivity index (χ1n) is 6.31. The van der Waals surface area contributed by atoms with E-state index < -0.39 is 12.1 Å². The van der Waals surface area contributed by atoms with E-state index in [1.807, 2.05) is 0 Å². The van der Waals surface area contributed by atoms with E-state index in [2.05, 4.69) is 5.32 Å². The second-order valence-corrected chi connectivity index (χ2v) is 5.76. The van der Waals surface area contributed by atoms with Crippen LogP contribution >= 0.6 is 11.6 Å². The number of amides is 1. The van der Waals surface area contributed by atoms with Gasteiger partial charge in [0.25, 0.3) is 0 Å². The third-order valence-corrected chi connectivity index (χ3v) is 4.57. The van der Waals surface area contributed by atoms with Gasteiger partial charge in [-0.15, -0.1) is 11.6 Å². The zero-order valence-corrected chi connectivity index (χ0v) is 10.8. The number of rotatable bonds is 3. The molecule has 0 aliphatic heterocycles. The molecule has 2 aliphatic rings. The lowest BCUT2D eigenvalue weighted by Gasteiger charge is -2.30. The fourth-order valence-corrected chi connectivity index (χ4v) is 2.82. The smallest absolute Gasteiger partial charge is 0.349 e. The van der Waals surface area contributed by atoms with Gasteiger partial charge in [-0.1, -0.05) is 0 Å². The van der Waals surface area contributed by atoms with Crippen LogP contribution < -0.4 is 5.32 Å². The fourth-order valence-electron chi connectivity index (χ4n) is 2.49. The molecule has 0 heterocycles. The summed E-state index contributed by atoms with van der Waals surface area (Å²) in [6.45, 7) is 0. The first-order chi connectivity index (χ1) is 8.36. The first kappa shape index (κ1) is 14.0. The maximum absolute atomic E-state index is 12.5. The van der Waals surface area contributed by atoms with Crippen LogP contribution in [0.1, 0.15) is 38.5 Å². The van der Waals surface area contributed by atoms with Crippen LogP contribution in [-0.2, 0) is 4.79 Å². The highest BCUT2D eigenvalue weighted by atomic mass is 35.5. The zero-order chi connectivity index (χ0) is 13.4. The quantitative estimate of drug-likeness (QED) is 0.792. The normalized spacial score (nSPS) is 30.9. The summed E-state index contributed by atoms with van der Waals surface area (Å²) < 4.78 is 37.5. The Morgan fingerprint density at radius 3 is 2.17 bits per heavy atom. The van der Waals surface area contributed by atoms with Crippen molar-refractivity contribution in [1.82, 2.24) is 5.32 Å². The molecule has 0 radical (unpaired) electrons. The Bertz CT molecular complexity index is 320. The molecule has 2 rings (SSSR count). The molecule has 2 fully saturated rings. The first-order valence-corrected chi connectivity index (χ1v) is 6.84. The lowest BCUT2D eigenvalue weighted by Crippen LogP contribution is -2.43. The second kappa shape index (κ2) is 4.91. The highest BCUT2D eigenvalue weighted by Gasteiger charge is 2.46. The summed E-state index contributed by atoms with van der Waals surface area (Å²) in [5.74, 6) is -1.24. The number of carbonyl (C=O) groups excluding carboxylic acids is 1. The minimum absolute atomic E-state index is 0.0649. The molecule has 0 saturated heterocycles. The van der Waals surface area contributed by atoms with Gasteiger partial charge in [-0.2, -0.15) is 13.2 Å². The SMILES string of the molecule is O=C(NC1(CCl)CC1)C1CCC(C(F)(F)F)CC1. The van der Waals surface area contributed by atoms with Gasteiger partial charge in [0.1, 0.15) is 0 Å². The average molecular weight is 284 g/mol. The topological polar surface area (TPSA) is 29.1 Å². The minimum Gasteiger partial charge on any atom is -0.349 e. The molecule has 18 heavy (non-hydrogen) atoms. The summed E-state index contributed by atoms with van der Waals surface area (Å²) in [5.41, 5.74) is -0.264. The molecular formula is C12H17ClF3NO. The van der Waals surface area contributed by atoms with E-state index in [4.69, 9.17) is 11.6 Å². The van der Waals surface area contributed by atoms with Crippen LogP contribution in [0.25, 0.3) is 0 Å². The maximum atomic E-state index is 12.5. The number of alkyl halides is 4. The number of hydrogen-bond acceptors (Lipinski definition) is 1. The molecule has 0 bridgehead atoms. The van der Waals surface area contributed by atoms with Crippen LogP contribution in [0.4, 0.5) is 13.2 Å². The average Bonchev–Trinajstić information content (AvgIpc) is 3.08. The van der Waals surface area contributed by atoms with E-state index in [0.717, 1.165) is 12.8 Å². The van der Waals surface area contributed by atoms with E-state index in [-0.39, 0.29) is 30.2 Å². The Balaban J connectivity index is 1.81. The van der Waals surface area contributed by atoms with Crippen LogP contribution in [0, 0.1) is 11.8 Å². The highest BCUT2D eigenvalue weighted by Crippen LogP contribution is 2.41. The molecule has 2 aliphatic carbocycles. The van der Waals surface area contributed by atoms with Gasteiger partial charge in [-0.05, 0) is 38.5 Å². The molecule has 0 spiro atoms. The molecule has 2 saturated carbocycles. The summed E-state index contributed by atoms with van der Waals surface area (Å²) in [5, 5.41) is 2.89. The molecule has 6 heteroatoms. The van der Waals surface area contributed by atoms with Crippen LogP contribution in [0.2, 0.25) is 0 Å². The molecule has 1 N–H and O–H groups in total. The summed E-state index contributed by atoms with van der Waals surface area (Å²) >= 11 is 5.76. The van der Waals surface area contributed by atoms with E-state index in [9.17, 15) is 18.0 Å². The monoisotopic (exact) mass is 283 g/mol. The highest BCUT2D eigenvalue weighted by molar-refractivity contribution is 6.19. The second-order valence-electron chi connectivity index (χ2n) is 5.49. The van der Waals surface area contributed by atoms with Crippen molar-refractivity contribution in [3.8, 4) is 0 Å². The van der Waals surface area contributed by atoms with Crippen molar-refractivity contribution < 1.29 is 18.0 Å². The maximum Gasteiger partial charge on any atom is 0.391 e. The third kappa shape index (κ3) is 3.11. The van der Waals surface area contributed by atoms with Gasteiger partial charge in [0.15, 0.2) is 0 Å². The van der Waals surface area contributed by atoms with Crippen molar-refractivity contribution in [3.63, 3.8) is 0 Å². The Labute approximate surface area is 109 Å². The van der Waals surface area contributed by atoms with Gasteiger partial charge in [-0.25, -0.2) is 0 Å². The van der Waals surface area contributed by atoms with Gasteiger partial charge in [0, 0.05) is 11.8 Å². The van der Waals surface area contributed by atoms with E-state index in [0.29, 0.717) is 18.7 Å². The number of carbonyl (C=O) groups is 1. The van der Waals surface area contributed by atoms with Crippen molar-refractivity contribution in [2.24, 2.45) is 11.8 Å². The predicted molar refractivity (Wildman–Crippen MR) is 62.3 cm³/mol. The Morgan fingerprint density at radius 2 is 1.78 bits per heavy atom. The fraction of sp³-hybridized carbons (Fsp3) is 0.917. The standard InChI is InChI=1S/C12H17ClF3NO/c13-7-11(5-6-11)17-10(18)8-1-3-9(4-2-8)12(14,15)16/h8-9H,1-7H2,(H,17,18). The molecule has 0 unspecified atom stereocenters. The Kier molecular flexibility index (Phi) is 3.81. The van der Waals surface area contributed by atoms with Gasteiger partial charge >= 0.3 is 6.18 Å². The number of nitrogens with one attached hydrogen (secondary N) is 1. The third-order valence-electron chi connectivity index (χ3n) is 4.06. The summed E-state index contributed by atoms with van der Waals surface area (Å²) in [7, 11) is 0. The van der Waals surface area contributed by atoms with Crippen molar-refractivity contribution in [1.29, 1.82) is 0 Å². The summed E-state index contributed by atoms with van der Waals surface area (Å²) in [6.07, 6.45) is -1.58. The molecule has 0 aromatic carbocycles. The van der Waals surface area contributed by atoms with Gasteiger partial charge in [0.2, 0.25) is 5.91 Å². The van der Waals surface area contributed by atoms with Crippen molar-refractivity contribution in [2.75, 3.05) is 5.88 Å².